The zero-order valence-corrected chi connectivity index (χ0v) is 16.3. The summed E-state index contributed by atoms with van der Waals surface area (Å²) in [7, 11) is 1.61. The number of Topliss-reactive ketones (excluding diaryl/α,β-unsaturated/α-hetero) is 1. The molecule has 2 aromatic rings. The van der Waals surface area contributed by atoms with Crippen LogP contribution in [-0.2, 0) is 11.8 Å². The zero-order valence-electron chi connectivity index (χ0n) is 16.3. The second kappa shape index (κ2) is 8.05. The molecule has 0 saturated carbocycles. The molecule has 0 unspecified atom stereocenters. The molecule has 0 fully saturated rings. The maximum absolute atomic E-state index is 13.5. The number of hydrogen-bond donors (Lipinski definition) is 2. The van der Waals surface area contributed by atoms with Crippen molar-refractivity contribution in [3.05, 3.63) is 52.1 Å². The molecular weight excluding hydrogens is 363 g/mol. The van der Waals surface area contributed by atoms with E-state index in [9.17, 15) is 18.8 Å². The Morgan fingerprint density at radius 2 is 1.86 bits per heavy atom. The summed E-state index contributed by atoms with van der Waals surface area (Å²) in [5.74, 6) is -2.68. The van der Waals surface area contributed by atoms with E-state index in [1.54, 1.807) is 40.8 Å². The molecule has 28 heavy (non-hydrogen) atoms. The summed E-state index contributed by atoms with van der Waals surface area (Å²) in [6, 6.07) is 5.15. The van der Waals surface area contributed by atoms with Crippen LogP contribution in [0.5, 0.6) is 0 Å². The van der Waals surface area contributed by atoms with Crippen molar-refractivity contribution in [2.75, 3.05) is 5.32 Å². The van der Waals surface area contributed by atoms with Crippen molar-refractivity contribution in [1.82, 2.24) is 9.88 Å². The Balaban J connectivity index is 2.39. The first-order valence-corrected chi connectivity index (χ1v) is 8.60. The number of nitrogens with one attached hydrogen (secondary N) is 2. The number of hydrogen-bond acceptors (Lipinski definition) is 4. The van der Waals surface area contributed by atoms with Gasteiger partial charge in [0.15, 0.2) is 0 Å². The van der Waals surface area contributed by atoms with E-state index in [1.807, 2.05) is 0 Å². The SMILES string of the molecule is Cc1c(C(=O)C(=O)NC(C)C)c(C)n(C)c1C(=O)Nc1ccc(F)c(C#N)c1. The Kier molecular flexibility index (Phi) is 5.99. The third-order valence-corrected chi connectivity index (χ3v) is 4.34. The molecule has 0 aliphatic carbocycles. The Morgan fingerprint density at radius 3 is 2.43 bits per heavy atom. The normalized spacial score (nSPS) is 10.5. The van der Waals surface area contributed by atoms with E-state index in [0.717, 1.165) is 6.07 Å². The predicted molar refractivity (Wildman–Crippen MR) is 102 cm³/mol. The second-order valence-corrected chi connectivity index (χ2v) is 6.71. The van der Waals surface area contributed by atoms with Crippen LogP contribution >= 0.6 is 0 Å². The van der Waals surface area contributed by atoms with Gasteiger partial charge in [-0.05, 0) is 51.5 Å². The standard InChI is InChI=1S/C20H21FN4O3/c1-10(2)23-20(28)18(26)16-11(3)17(25(5)12(16)4)19(27)24-14-6-7-15(21)13(8-14)9-22/h6-8,10H,1-5H3,(H,23,28)(H,24,27). The van der Waals surface area contributed by atoms with Gasteiger partial charge >= 0.3 is 0 Å². The average Bonchev–Trinajstić information content (AvgIpc) is 2.84. The van der Waals surface area contributed by atoms with Gasteiger partial charge in [0.1, 0.15) is 17.6 Å². The number of rotatable bonds is 5. The number of anilines is 1. The van der Waals surface area contributed by atoms with Gasteiger partial charge in [-0.25, -0.2) is 4.39 Å². The number of benzene rings is 1. The van der Waals surface area contributed by atoms with Crippen LogP contribution < -0.4 is 10.6 Å². The second-order valence-electron chi connectivity index (χ2n) is 6.71. The van der Waals surface area contributed by atoms with Crippen LogP contribution in [-0.4, -0.2) is 28.2 Å². The molecule has 0 radical (unpaired) electrons. The maximum Gasteiger partial charge on any atom is 0.292 e. The van der Waals surface area contributed by atoms with E-state index in [4.69, 9.17) is 5.26 Å². The minimum absolute atomic E-state index is 0.169. The van der Waals surface area contributed by atoms with E-state index in [1.165, 1.54) is 16.7 Å². The highest BCUT2D eigenvalue weighted by molar-refractivity contribution is 6.43. The smallest absolute Gasteiger partial charge is 0.292 e. The van der Waals surface area contributed by atoms with Gasteiger partial charge in [-0.1, -0.05) is 0 Å². The monoisotopic (exact) mass is 384 g/mol. The number of carbonyl (C=O) groups excluding carboxylic acids is 3. The molecule has 2 N–H and O–H groups in total. The molecule has 1 aromatic carbocycles. The molecule has 0 aliphatic heterocycles. The maximum atomic E-state index is 13.5. The number of halogens is 1. The summed E-state index contributed by atoms with van der Waals surface area (Å²) in [6.07, 6.45) is 0. The number of aromatic nitrogens is 1. The highest BCUT2D eigenvalue weighted by Crippen LogP contribution is 2.23. The third-order valence-electron chi connectivity index (χ3n) is 4.34. The molecule has 146 valence electrons. The average molecular weight is 384 g/mol. The van der Waals surface area contributed by atoms with Gasteiger partial charge in [0.05, 0.1) is 11.1 Å². The lowest BCUT2D eigenvalue weighted by atomic mass is 10.0. The molecule has 2 rings (SSSR count). The third kappa shape index (κ3) is 3.93. The molecule has 0 spiro atoms. The lowest BCUT2D eigenvalue weighted by molar-refractivity contribution is -0.117. The largest absolute Gasteiger partial charge is 0.347 e. The van der Waals surface area contributed by atoms with Crippen LogP contribution in [0.2, 0.25) is 0 Å². The van der Waals surface area contributed by atoms with Crippen molar-refractivity contribution >= 4 is 23.3 Å². The molecule has 2 amide bonds. The molecular formula is C20H21FN4O3. The molecule has 1 aromatic heterocycles. The number of nitrogens with zero attached hydrogens (tertiary/aromatic N) is 2. The predicted octanol–water partition coefficient (Wildman–Crippen LogP) is 2.61. The molecule has 0 atom stereocenters. The van der Waals surface area contributed by atoms with Crippen LogP contribution in [0, 0.1) is 31.0 Å². The zero-order chi connectivity index (χ0) is 21.2. The number of carbonyl (C=O) groups is 3. The molecule has 0 bridgehead atoms. The summed E-state index contributed by atoms with van der Waals surface area (Å²) in [5, 5.41) is 14.1. The van der Waals surface area contributed by atoms with E-state index >= 15 is 0 Å². The number of amides is 2. The summed E-state index contributed by atoms with van der Waals surface area (Å²) in [4.78, 5) is 37.4. The van der Waals surface area contributed by atoms with E-state index < -0.39 is 23.4 Å². The van der Waals surface area contributed by atoms with Crippen LogP contribution in [0.15, 0.2) is 18.2 Å². The van der Waals surface area contributed by atoms with Crippen LogP contribution in [0.25, 0.3) is 0 Å². The van der Waals surface area contributed by atoms with Crippen molar-refractivity contribution in [3.63, 3.8) is 0 Å². The van der Waals surface area contributed by atoms with Crippen LogP contribution in [0.3, 0.4) is 0 Å². The van der Waals surface area contributed by atoms with Crippen molar-refractivity contribution < 1.29 is 18.8 Å². The summed E-state index contributed by atoms with van der Waals surface area (Å²) in [6.45, 7) is 6.72. The van der Waals surface area contributed by atoms with Crippen LogP contribution in [0.4, 0.5) is 10.1 Å². The summed E-state index contributed by atoms with van der Waals surface area (Å²) < 4.78 is 15.0. The van der Waals surface area contributed by atoms with Crippen LogP contribution in [0.1, 0.15) is 51.5 Å². The fourth-order valence-electron chi connectivity index (χ4n) is 2.95. The van der Waals surface area contributed by atoms with Gasteiger partial charge in [-0.2, -0.15) is 5.26 Å². The molecule has 0 aliphatic rings. The first kappa shape index (κ1) is 20.8. The quantitative estimate of drug-likeness (QED) is 0.611. The highest BCUT2D eigenvalue weighted by Gasteiger charge is 2.28. The van der Waals surface area contributed by atoms with Gasteiger partial charge in [-0.15, -0.1) is 0 Å². The van der Waals surface area contributed by atoms with Crippen molar-refractivity contribution in [2.24, 2.45) is 7.05 Å². The number of nitriles is 1. The van der Waals surface area contributed by atoms with Gasteiger partial charge in [0.25, 0.3) is 17.6 Å². The molecule has 8 heteroatoms. The number of ketones is 1. The Bertz CT molecular complexity index is 1020. The van der Waals surface area contributed by atoms with Gasteiger partial charge < -0.3 is 15.2 Å². The highest BCUT2D eigenvalue weighted by atomic mass is 19.1. The first-order valence-electron chi connectivity index (χ1n) is 8.60. The summed E-state index contributed by atoms with van der Waals surface area (Å²) in [5.41, 5.74) is 1.25. The van der Waals surface area contributed by atoms with Crippen molar-refractivity contribution in [3.8, 4) is 6.07 Å². The van der Waals surface area contributed by atoms with Crippen molar-refractivity contribution in [1.29, 1.82) is 5.26 Å². The Labute approximate surface area is 162 Å². The van der Waals surface area contributed by atoms with Gasteiger partial charge in [-0.3, -0.25) is 14.4 Å². The van der Waals surface area contributed by atoms with Crippen molar-refractivity contribution in [2.45, 2.75) is 33.7 Å². The van der Waals surface area contributed by atoms with Gasteiger partial charge in [0.2, 0.25) is 0 Å². The van der Waals surface area contributed by atoms with E-state index in [0.29, 0.717) is 11.3 Å². The first-order chi connectivity index (χ1) is 13.1. The Morgan fingerprint density at radius 1 is 1.21 bits per heavy atom. The minimum Gasteiger partial charge on any atom is -0.347 e. The molecule has 0 saturated heterocycles. The minimum atomic E-state index is -0.740. The van der Waals surface area contributed by atoms with E-state index in [-0.39, 0.29) is 28.6 Å². The Hall–Kier alpha value is -3.47. The molecule has 7 nitrogen and oxygen atoms in total. The topological polar surface area (TPSA) is 104 Å². The van der Waals surface area contributed by atoms with Gasteiger partial charge in [0, 0.05) is 24.5 Å². The fraction of sp³-hybridized carbons (Fsp3) is 0.300. The van der Waals surface area contributed by atoms with E-state index in [2.05, 4.69) is 10.6 Å². The lowest BCUT2D eigenvalue weighted by Crippen LogP contribution is -2.36. The lowest BCUT2D eigenvalue weighted by Gasteiger charge is -2.08. The summed E-state index contributed by atoms with van der Waals surface area (Å²) >= 11 is 0. The fourth-order valence-corrected chi connectivity index (χ4v) is 2.95. The molecule has 1 heterocycles.